The Kier molecular flexibility index (Phi) is 7.38. The average molecular weight is 467 g/mol. The molecule has 156 valence electrons. The third kappa shape index (κ3) is 7.22. The molecule has 0 radical (unpaired) electrons. The van der Waals surface area contributed by atoms with Crippen molar-refractivity contribution in [3.05, 3.63) is 67.0 Å². The van der Waals surface area contributed by atoms with Crippen LogP contribution < -0.4 is 16.2 Å². The summed E-state index contributed by atoms with van der Waals surface area (Å²) >= 11 is 3.30. The normalized spacial score (nSPS) is 11.0. The first kappa shape index (κ1) is 22.4. The van der Waals surface area contributed by atoms with Gasteiger partial charge in [0.15, 0.2) is 0 Å². The van der Waals surface area contributed by atoms with Crippen LogP contribution >= 0.6 is 15.9 Å². The molecule has 0 bridgehead atoms. The Morgan fingerprint density at radius 1 is 1.24 bits per heavy atom. The van der Waals surface area contributed by atoms with Crippen molar-refractivity contribution in [1.82, 2.24) is 9.88 Å². The second kappa shape index (κ2) is 9.55. The molecule has 10 heteroatoms. The van der Waals surface area contributed by atoms with Crippen molar-refractivity contribution in [3.8, 4) is 0 Å². The Morgan fingerprint density at radius 2 is 1.97 bits per heavy atom. The molecule has 0 spiro atoms. The monoisotopic (exact) mass is 466 g/mol. The van der Waals surface area contributed by atoms with E-state index in [-0.39, 0.29) is 30.9 Å². The van der Waals surface area contributed by atoms with Gasteiger partial charge >= 0.3 is 6.09 Å². The maximum absolute atomic E-state index is 11.9. The first-order valence-electron chi connectivity index (χ1n) is 8.89. The van der Waals surface area contributed by atoms with Crippen LogP contribution in [0.1, 0.15) is 26.3 Å². The molecular formula is C19H23BrN4O5. The number of pyridine rings is 1. The molecule has 9 nitrogen and oxygen atoms in total. The fraction of sp³-hybridized carbons (Fsp3) is 0.368. The summed E-state index contributed by atoms with van der Waals surface area (Å²) in [7, 11) is 0. The number of nitro benzene ring substituents is 1. The molecule has 2 rings (SSSR count). The topological polar surface area (TPSA) is 116 Å². The summed E-state index contributed by atoms with van der Waals surface area (Å²) in [6.07, 6.45) is 1.08. The predicted molar refractivity (Wildman–Crippen MR) is 113 cm³/mol. The number of amides is 1. The SMILES string of the molecule is CC(C)(C)OC(=O)NCCNc1ccc(Cn2cc(Br)ccc2=O)cc1[N+](=O)[O-]. The first-order chi connectivity index (χ1) is 13.5. The van der Waals surface area contributed by atoms with Crippen molar-refractivity contribution < 1.29 is 14.5 Å². The van der Waals surface area contributed by atoms with Gasteiger partial charge in [-0.25, -0.2) is 4.79 Å². The summed E-state index contributed by atoms with van der Waals surface area (Å²) in [5, 5.41) is 17.0. The summed E-state index contributed by atoms with van der Waals surface area (Å²) in [6, 6.07) is 7.79. The van der Waals surface area contributed by atoms with Crippen molar-refractivity contribution in [2.24, 2.45) is 0 Å². The molecular weight excluding hydrogens is 444 g/mol. The van der Waals surface area contributed by atoms with Gasteiger partial charge in [-0.3, -0.25) is 14.9 Å². The highest BCUT2D eigenvalue weighted by molar-refractivity contribution is 9.10. The number of benzene rings is 1. The van der Waals surface area contributed by atoms with Crippen LogP contribution in [0.4, 0.5) is 16.2 Å². The van der Waals surface area contributed by atoms with E-state index in [9.17, 15) is 19.7 Å². The Labute approximate surface area is 176 Å². The molecule has 1 amide bonds. The quantitative estimate of drug-likeness (QED) is 0.366. The lowest BCUT2D eigenvalue weighted by Gasteiger charge is -2.19. The maximum atomic E-state index is 11.9. The van der Waals surface area contributed by atoms with E-state index in [4.69, 9.17) is 4.74 Å². The van der Waals surface area contributed by atoms with Crippen molar-refractivity contribution in [2.45, 2.75) is 32.9 Å². The van der Waals surface area contributed by atoms with E-state index in [1.165, 1.54) is 16.7 Å². The van der Waals surface area contributed by atoms with Crippen molar-refractivity contribution in [3.63, 3.8) is 0 Å². The highest BCUT2D eigenvalue weighted by atomic mass is 79.9. The fourth-order valence-corrected chi connectivity index (χ4v) is 2.85. The molecule has 0 aliphatic rings. The molecule has 2 N–H and O–H groups in total. The van der Waals surface area contributed by atoms with Gasteiger partial charge in [0.25, 0.3) is 11.2 Å². The van der Waals surface area contributed by atoms with Gasteiger partial charge in [-0.2, -0.15) is 0 Å². The lowest BCUT2D eigenvalue weighted by molar-refractivity contribution is -0.384. The molecule has 0 aliphatic heterocycles. The summed E-state index contributed by atoms with van der Waals surface area (Å²) in [6.45, 7) is 6.01. The number of rotatable bonds is 7. The van der Waals surface area contributed by atoms with E-state index < -0.39 is 16.6 Å². The van der Waals surface area contributed by atoms with Crippen LogP contribution in [0.25, 0.3) is 0 Å². The second-order valence-electron chi connectivity index (χ2n) is 7.28. The number of hydrogen-bond acceptors (Lipinski definition) is 6. The van der Waals surface area contributed by atoms with E-state index in [0.29, 0.717) is 11.3 Å². The number of nitrogens with one attached hydrogen (secondary N) is 2. The van der Waals surface area contributed by atoms with Crippen LogP contribution in [0.3, 0.4) is 0 Å². The number of halogens is 1. The minimum Gasteiger partial charge on any atom is -0.444 e. The average Bonchev–Trinajstić information content (AvgIpc) is 2.61. The van der Waals surface area contributed by atoms with Gasteiger partial charge in [-0.15, -0.1) is 0 Å². The number of nitrogens with zero attached hydrogens (tertiary/aromatic N) is 2. The first-order valence-corrected chi connectivity index (χ1v) is 9.68. The Balaban J connectivity index is 2.02. The molecule has 0 saturated carbocycles. The molecule has 0 atom stereocenters. The van der Waals surface area contributed by atoms with E-state index >= 15 is 0 Å². The van der Waals surface area contributed by atoms with Gasteiger partial charge in [-0.1, -0.05) is 6.07 Å². The third-order valence-corrected chi connectivity index (χ3v) is 4.14. The van der Waals surface area contributed by atoms with E-state index in [1.54, 1.807) is 45.2 Å². The van der Waals surface area contributed by atoms with Gasteiger partial charge in [0, 0.05) is 35.9 Å². The number of alkyl carbamates (subject to hydrolysis) is 1. The van der Waals surface area contributed by atoms with Crippen molar-refractivity contribution in [2.75, 3.05) is 18.4 Å². The van der Waals surface area contributed by atoms with Crippen LogP contribution in [-0.2, 0) is 11.3 Å². The summed E-state index contributed by atoms with van der Waals surface area (Å²) in [5.74, 6) is 0. The second-order valence-corrected chi connectivity index (χ2v) is 8.19. The van der Waals surface area contributed by atoms with E-state index in [2.05, 4.69) is 26.6 Å². The van der Waals surface area contributed by atoms with Gasteiger partial charge in [0.1, 0.15) is 11.3 Å². The van der Waals surface area contributed by atoms with Crippen LogP contribution in [0.2, 0.25) is 0 Å². The molecule has 0 aliphatic carbocycles. The number of nitro groups is 1. The zero-order chi connectivity index (χ0) is 21.6. The number of carbonyl (C=O) groups is 1. The lowest BCUT2D eigenvalue weighted by Crippen LogP contribution is -2.35. The zero-order valence-electron chi connectivity index (χ0n) is 16.4. The van der Waals surface area contributed by atoms with Crippen molar-refractivity contribution in [1.29, 1.82) is 0 Å². The molecule has 0 unspecified atom stereocenters. The minimum absolute atomic E-state index is 0.109. The molecule has 0 fully saturated rings. The van der Waals surface area contributed by atoms with Crippen LogP contribution in [-0.4, -0.2) is 34.3 Å². The van der Waals surface area contributed by atoms with Gasteiger partial charge < -0.3 is 19.9 Å². The Hall–Kier alpha value is -2.88. The van der Waals surface area contributed by atoms with E-state index in [1.807, 2.05) is 0 Å². The third-order valence-electron chi connectivity index (χ3n) is 3.67. The highest BCUT2D eigenvalue weighted by Crippen LogP contribution is 2.25. The number of anilines is 1. The predicted octanol–water partition coefficient (Wildman–Crippen LogP) is 3.50. The lowest BCUT2D eigenvalue weighted by atomic mass is 10.1. The van der Waals surface area contributed by atoms with Gasteiger partial charge in [0.05, 0.1) is 11.5 Å². The number of carbonyl (C=O) groups excluding carboxylic acids is 1. The fourth-order valence-electron chi connectivity index (χ4n) is 2.47. The molecule has 1 aromatic carbocycles. The smallest absolute Gasteiger partial charge is 0.407 e. The minimum atomic E-state index is -0.595. The highest BCUT2D eigenvalue weighted by Gasteiger charge is 2.17. The Morgan fingerprint density at radius 3 is 2.62 bits per heavy atom. The summed E-state index contributed by atoms with van der Waals surface area (Å²) < 4.78 is 7.32. The van der Waals surface area contributed by atoms with E-state index in [0.717, 1.165) is 4.47 Å². The number of aromatic nitrogens is 1. The molecule has 29 heavy (non-hydrogen) atoms. The Bertz CT molecular complexity index is 952. The molecule has 2 aromatic rings. The number of ether oxygens (including phenoxy) is 1. The van der Waals surface area contributed by atoms with Crippen LogP contribution in [0.15, 0.2) is 45.8 Å². The molecule has 1 aromatic heterocycles. The summed E-state index contributed by atoms with van der Waals surface area (Å²) in [4.78, 5) is 34.5. The van der Waals surface area contributed by atoms with Crippen molar-refractivity contribution >= 4 is 33.4 Å². The molecule has 0 saturated heterocycles. The largest absolute Gasteiger partial charge is 0.444 e. The standard InChI is InChI=1S/C19H23BrN4O5/c1-19(2,3)29-18(26)22-9-8-21-15-6-4-13(10-16(15)24(27)28)11-23-12-14(20)5-7-17(23)25/h4-7,10,12,21H,8-9,11H2,1-3H3,(H,22,26). The van der Waals surface area contributed by atoms with Gasteiger partial charge in [-0.05, 0) is 54.4 Å². The van der Waals surface area contributed by atoms with Gasteiger partial charge in [0.2, 0.25) is 0 Å². The maximum Gasteiger partial charge on any atom is 0.407 e. The molecule has 1 heterocycles. The number of hydrogen-bond donors (Lipinski definition) is 2. The van der Waals surface area contributed by atoms with Crippen LogP contribution in [0, 0.1) is 10.1 Å². The summed E-state index contributed by atoms with van der Waals surface area (Å²) in [5.41, 5.74) is 0.0392. The van der Waals surface area contributed by atoms with Crippen LogP contribution in [0.5, 0.6) is 0 Å². The zero-order valence-corrected chi connectivity index (χ0v) is 18.0.